The van der Waals surface area contributed by atoms with Crippen LogP contribution in [0.15, 0.2) is 24.3 Å². The molecule has 0 amide bonds. The second-order valence-electron chi connectivity index (χ2n) is 5.28. The molecule has 1 aliphatic carbocycles. The topological polar surface area (TPSA) is 12.5 Å². The number of nitrogens with zero attached hydrogens (tertiary/aromatic N) is 1. The van der Waals surface area contributed by atoms with E-state index in [0.717, 1.165) is 17.7 Å². The Bertz CT molecular complexity index is 367. The molecule has 3 rings (SSSR count). The molecule has 1 aromatic rings. The maximum atomic E-state index is 5.20. The number of piperidine rings is 1. The zero-order chi connectivity index (χ0) is 11.7. The van der Waals surface area contributed by atoms with E-state index >= 15 is 0 Å². The van der Waals surface area contributed by atoms with E-state index in [1.165, 1.54) is 44.3 Å². The van der Waals surface area contributed by atoms with Crippen LogP contribution in [0, 0.1) is 0 Å². The molecule has 17 heavy (non-hydrogen) atoms. The van der Waals surface area contributed by atoms with Crippen molar-refractivity contribution in [1.29, 1.82) is 0 Å². The zero-order valence-electron chi connectivity index (χ0n) is 10.6. The lowest BCUT2D eigenvalue weighted by Crippen LogP contribution is -2.32. The summed E-state index contributed by atoms with van der Waals surface area (Å²) in [6, 6.07) is 9.45. The van der Waals surface area contributed by atoms with Crippen LogP contribution in [0.1, 0.15) is 37.2 Å². The van der Waals surface area contributed by atoms with E-state index in [2.05, 4.69) is 29.2 Å². The van der Waals surface area contributed by atoms with Crippen molar-refractivity contribution in [2.24, 2.45) is 0 Å². The van der Waals surface area contributed by atoms with Crippen LogP contribution in [0.5, 0.6) is 5.75 Å². The van der Waals surface area contributed by atoms with Gasteiger partial charge in [0.2, 0.25) is 0 Å². The van der Waals surface area contributed by atoms with E-state index in [4.69, 9.17) is 4.74 Å². The Morgan fingerprint density at radius 2 is 1.76 bits per heavy atom. The highest BCUT2D eigenvalue weighted by molar-refractivity contribution is 5.33. The van der Waals surface area contributed by atoms with Crippen LogP contribution >= 0.6 is 0 Å². The van der Waals surface area contributed by atoms with E-state index < -0.39 is 0 Å². The van der Waals surface area contributed by atoms with Crippen LogP contribution < -0.4 is 4.74 Å². The average Bonchev–Trinajstić information content (AvgIpc) is 3.20. The SMILES string of the molecule is COc1ccc(C2CC2N2CCCCC2)cc1. The number of methoxy groups -OCH3 is 1. The van der Waals surface area contributed by atoms with Gasteiger partial charge < -0.3 is 4.74 Å². The average molecular weight is 231 g/mol. The predicted octanol–water partition coefficient (Wildman–Crippen LogP) is 3.04. The summed E-state index contributed by atoms with van der Waals surface area (Å²) >= 11 is 0. The van der Waals surface area contributed by atoms with E-state index in [1.54, 1.807) is 7.11 Å². The summed E-state index contributed by atoms with van der Waals surface area (Å²) in [6.07, 6.45) is 5.57. The Morgan fingerprint density at radius 3 is 2.41 bits per heavy atom. The molecular weight excluding hydrogens is 210 g/mol. The number of hydrogen-bond donors (Lipinski definition) is 0. The molecule has 2 nitrogen and oxygen atoms in total. The van der Waals surface area contributed by atoms with Gasteiger partial charge in [-0.05, 0) is 50.0 Å². The fourth-order valence-electron chi connectivity index (χ4n) is 3.04. The van der Waals surface area contributed by atoms with E-state index in [-0.39, 0.29) is 0 Å². The van der Waals surface area contributed by atoms with E-state index in [0.29, 0.717) is 0 Å². The molecule has 1 heterocycles. The summed E-state index contributed by atoms with van der Waals surface area (Å²) in [5.74, 6) is 1.74. The molecule has 92 valence electrons. The Morgan fingerprint density at radius 1 is 1.06 bits per heavy atom. The highest BCUT2D eigenvalue weighted by atomic mass is 16.5. The van der Waals surface area contributed by atoms with Crippen molar-refractivity contribution < 1.29 is 4.74 Å². The Hall–Kier alpha value is -1.02. The Balaban J connectivity index is 1.62. The number of likely N-dealkylation sites (tertiary alicyclic amines) is 1. The smallest absolute Gasteiger partial charge is 0.118 e. The van der Waals surface area contributed by atoms with Gasteiger partial charge in [0.25, 0.3) is 0 Å². The van der Waals surface area contributed by atoms with Crippen molar-refractivity contribution in [1.82, 2.24) is 4.90 Å². The van der Waals surface area contributed by atoms with Crippen molar-refractivity contribution in [2.45, 2.75) is 37.6 Å². The monoisotopic (exact) mass is 231 g/mol. The van der Waals surface area contributed by atoms with Gasteiger partial charge in [0.1, 0.15) is 5.75 Å². The third-order valence-corrected chi connectivity index (χ3v) is 4.16. The van der Waals surface area contributed by atoms with Gasteiger partial charge in [-0.2, -0.15) is 0 Å². The quantitative estimate of drug-likeness (QED) is 0.793. The van der Waals surface area contributed by atoms with Gasteiger partial charge in [-0.3, -0.25) is 4.90 Å². The van der Waals surface area contributed by atoms with Gasteiger partial charge in [-0.1, -0.05) is 18.6 Å². The minimum absolute atomic E-state index is 0.777. The van der Waals surface area contributed by atoms with Gasteiger partial charge in [-0.25, -0.2) is 0 Å². The molecule has 1 aromatic carbocycles. The van der Waals surface area contributed by atoms with E-state index in [9.17, 15) is 0 Å². The lowest BCUT2D eigenvalue weighted by atomic mass is 10.1. The minimum Gasteiger partial charge on any atom is -0.497 e. The first kappa shape index (κ1) is 11.1. The van der Waals surface area contributed by atoms with Crippen LogP contribution in [0.3, 0.4) is 0 Å². The number of ether oxygens (including phenoxy) is 1. The number of rotatable bonds is 3. The third kappa shape index (κ3) is 2.32. The highest BCUT2D eigenvalue weighted by Gasteiger charge is 2.42. The minimum atomic E-state index is 0.777. The maximum Gasteiger partial charge on any atom is 0.118 e. The summed E-state index contributed by atoms with van der Waals surface area (Å²) in [6.45, 7) is 2.63. The Kier molecular flexibility index (Phi) is 3.06. The molecule has 1 aliphatic heterocycles. The van der Waals surface area contributed by atoms with Crippen molar-refractivity contribution in [3.63, 3.8) is 0 Å². The lowest BCUT2D eigenvalue weighted by Gasteiger charge is -2.26. The van der Waals surface area contributed by atoms with E-state index in [1.807, 2.05) is 0 Å². The lowest BCUT2D eigenvalue weighted by molar-refractivity contribution is 0.216. The van der Waals surface area contributed by atoms with Crippen LogP contribution in [-0.4, -0.2) is 31.1 Å². The summed E-state index contributed by atoms with van der Waals surface area (Å²) in [5, 5.41) is 0. The molecule has 0 bridgehead atoms. The molecular formula is C15H21NO. The molecule has 0 radical (unpaired) electrons. The largest absolute Gasteiger partial charge is 0.497 e. The van der Waals surface area contributed by atoms with Gasteiger partial charge in [0, 0.05) is 12.0 Å². The summed E-state index contributed by atoms with van der Waals surface area (Å²) in [7, 11) is 1.72. The number of hydrogen-bond acceptors (Lipinski definition) is 2. The van der Waals surface area contributed by atoms with Crippen LogP contribution in [0.25, 0.3) is 0 Å². The fraction of sp³-hybridized carbons (Fsp3) is 0.600. The highest BCUT2D eigenvalue weighted by Crippen LogP contribution is 2.45. The molecule has 0 aromatic heterocycles. The van der Waals surface area contributed by atoms with Gasteiger partial charge in [0.05, 0.1) is 7.11 Å². The molecule has 2 unspecified atom stereocenters. The van der Waals surface area contributed by atoms with Gasteiger partial charge >= 0.3 is 0 Å². The number of benzene rings is 1. The van der Waals surface area contributed by atoms with Crippen LogP contribution in [0.4, 0.5) is 0 Å². The molecule has 2 fully saturated rings. The van der Waals surface area contributed by atoms with Crippen molar-refractivity contribution in [2.75, 3.05) is 20.2 Å². The van der Waals surface area contributed by atoms with Crippen molar-refractivity contribution >= 4 is 0 Å². The molecule has 1 saturated heterocycles. The summed E-state index contributed by atoms with van der Waals surface area (Å²) < 4.78 is 5.20. The first-order valence-corrected chi connectivity index (χ1v) is 6.76. The Labute approximate surface area is 104 Å². The standard InChI is InChI=1S/C15H21NO/c1-17-13-7-5-12(6-8-13)14-11-15(14)16-9-3-2-4-10-16/h5-8,14-15H,2-4,9-11H2,1H3. The van der Waals surface area contributed by atoms with Gasteiger partial charge in [-0.15, -0.1) is 0 Å². The van der Waals surface area contributed by atoms with Gasteiger partial charge in [0.15, 0.2) is 0 Å². The molecule has 2 atom stereocenters. The third-order valence-electron chi connectivity index (χ3n) is 4.16. The molecule has 0 N–H and O–H groups in total. The van der Waals surface area contributed by atoms with Crippen LogP contribution in [-0.2, 0) is 0 Å². The second kappa shape index (κ2) is 4.69. The first-order chi connectivity index (χ1) is 8.38. The second-order valence-corrected chi connectivity index (χ2v) is 5.28. The van der Waals surface area contributed by atoms with Crippen molar-refractivity contribution in [3.8, 4) is 5.75 Å². The summed E-state index contributed by atoms with van der Waals surface area (Å²) in [5.41, 5.74) is 1.49. The van der Waals surface area contributed by atoms with Crippen molar-refractivity contribution in [3.05, 3.63) is 29.8 Å². The zero-order valence-corrected chi connectivity index (χ0v) is 10.6. The molecule has 1 saturated carbocycles. The maximum absolute atomic E-state index is 5.20. The predicted molar refractivity (Wildman–Crippen MR) is 69.6 cm³/mol. The first-order valence-electron chi connectivity index (χ1n) is 6.76. The fourth-order valence-corrected chi connectivity index (χ4v) is 3.04. The molecule has 0 spiro atoms. The molecule has 2 heteroatoms. The molecule has 2 aliphatic rings. The normalized spacial score (nSPS) is 29.0. The van der Waals surface area contributed by atoms with Crippen LogP contribution in [0.2, 0.25) is 0 Å². The summed E-state index contributed by atoms with van der Waals surface area (Å²) in [4.78, 5) is 2.69.